The summed E-state index contributed by atoms with van der Waals surface area (Å²) in [5.74, 6) is 0. The largest absolute Gasteiger partial charge is 0.383 e. The van der Waals surface area contributed by atoms with E-state index >= 15 is 0 Å². The Hall–Kier alpha value is -2.43. The van der Waals surface area contributed by atoms with E-state index in [9.17, 15) is 5.11 Å². The van der Waals surface area contributed by atoms with Gasteiger partial charge in [-0.15, -0.1) is 6.58 Å². The average molecular weight is 354 g/mol. The molecule has 0 spiro atoms. The zero-order chi connectivity index (χ0) is 17.7. The number of aromatic nitrogens is 3. The number of benzene rings is 2. The predicted octanol–water partition coefficient (Wildman–Crippen LogP) is 4.18. The summed E-state index contributed by atoms with van der Waals surface area (Å²) in [7, 11) is 0. The lowest BCUT2D eigenvalue weighted by Gasteiger charge is -2.36. The molecule has 0 aliphatic rings. The van der Waals surface area contributed by atoms with Crippen LogP contribution in [0.4, 0.5) is 0 Å². The highest BCUT2D eigenvalue weighted by molar-refractivity contribution is 6.30. The number of halogens is 1. The topological polar surface area (TPSA) is 50.9 Å². The Kier molecular flexibility index (Phi) is 5.31. The van der Waals surface area contributed by atoms with Gasteiger partial charge in [-0.2, -0.15) is 5.10 Å². The fourth-order valence-corrected chi connectivity index (χ4v) is 3.22. The second kappa shape index (κ2) is 7.64. The molecule has 0 fully saturated rings. The lowest BCUT2D eigenvalue weighted by Crippen LogP contribution is -2.38. The summed E-state index contributed by atoms with van der Waals surface area (Å²) < 4.78 is 1.71. The fourth-order valence-electron chi connectivity index (χ4n) is 3.10. The zero-order valence-electron chi connectivity index (χ0n) is 13.8. The molecule has 0 aliphatic carbocycles. The highest BCUT2D eigenvalue weighted by Gasteiger charge is 2.39. The molecule has 2 aromatic carbocycles. The van der Waals surface area contributed by atoms with Crippen LogP contribution in [0.1, 0.15) is 23.6 Å². The molecule has 2 atom stereocenters. The molecule has 4 nitrogen and oxygen atoms in total. The molecule has 25 heavy (non-hydrogen) atoms. The maximum absolute atomic E-state index is 11.6. The Morgan fingerprint density at radius 1 is 1.16 bits per heavy atom. The van der Waals surface area contributed by atoms with Crippen LogP contribution >= 0.6 is 11.6 Å². The molecular formula is C20H20ClN3O. The van der Waals surface area contributed by atoms with Crippen LogP contribution in [0.25, 0.3) is 0 Å². The molecule has 3 aromatic rings. The number of hydrogen-bond acceptors (Lipinski definition) is 3. The molecule has 0 saturated heterocycles. The minimum atomic E-state index is -1.16. The van der Waals surface area contributed by atoms with E-state index in [0.717, 1.165) is 11.1 Å². The zero-order valence-corrected chi connectivity index (χ0v) is 14.5. The molecule has 0 radical (unpaired) electrons. The lowest BCUT2D eigenvalue weighted by molar-refractivity contribution is -0.0201. The van der Waals surface area contributed by atoms with Gasteiger partial charge in [0.2, 0.25) is 0 Å². The number of nitrogens with zero attached hydrogens (tertiary/aromatic N) is 3. The Morgan fingerprint density at radius 3 is 2.48 bits per heavy atom. The third-order valence-electron chi connectivity index (χ3n) is 4.38. The molecule has 0 aliphatic heterocycles. The van der Waals surface area contributed by atoms with E-state index in [1.807, 2.05) is 54.6 Å². The van der Waals surface area contributed by atoms with Crippen LogP contribution in [-0.4, -0.2) is 19.9 Å². The Balaban J connectivity index is 2.05. The van der Waals surface area contributed by atoms with Gasteiger partial charge in [0.1, 0.15) is 18.3 Å². The van der Waals surface area contributed by atoms with Crippen molar-refractivity contribution in [1.29, 1.82) is 0 Å². The molecular weight excluding hydrogens is 334 g/mol. The first-order valence-electron chi connectivity index (χ1n) is 8.11. The molecule has 0 bridgehead atoms. The van der Waals surface area contributed by atoms with Gasteiger partial charge in [0, 0.05) is 11.4 Å². The second-order valence-electron chi connectivity index (χ2n) is 6.00. The summed E-state index contributed by atoms with van der Waals surface area (Å²) in [5.41, 5.74) is 0.726. The van der Waals surface area contributed by atoms with E-state index in [-0.39, 0.29) is 6.04 Å². The van der Waals surface area contributed by atoms with E-state index in [0.29, 0.717) is 17.9 Å². The predicted molar refractivity (Wildman–Crippen MR) is 99.4 cm³/mol. The Labute approximate surface area is 152 Å². The average Bonchev–Trinajstić information content (AvgIpc) is 3.16. The third kappa shape index (κ3) is 3.81. The molecule has 5 heteroatoms. The molecule has 1 N–H and O–H groups in total. The molecule has 2 unspecified atom stereocenters. The summed E-state index contributed by atoms with van der Waals surface area (Å²) in [6.45, 7) is 3.83. The van der Waals surface area contributed by atoms with Crippen LogP contribution in [0.5, 0.6) is 0 Å². The van der Waals surface area contributed by atoms with Gasteiger partial charge in [0.25, 0.3) is 0 Å². The summed E-state index contributed by atoms with van der Waals surface area (Å²) in [5, 5.41) is 16.6. The van der Waals surface area contributed by atoms with E-state index in [1.54, 1.807) is 17.1 Å². The van der Waals surface area contributed by atoms with Gasteiger partial charge in [-0.05, 0) is 29.7 Å². The van der Waals surface area contributed by atoms with Crippen molar-refractivity contribution in [3.8, 4) is 0 Å². The van der Waals surface area contributed by atoms with E-state index in [2.05, 4.69) is 16.7 Å². The van der Waals surface area contributed by atoms with Gasteiger partial charge < -0.3 is 5.11 Å². The third-order valence-corrected chi connectivity index (χ3v) is 4.63. The number of aliphatic hydroxyl groups is 1. The van der Waals surface area contributed by atoms with Crippen molar-refractivity contribution in [2.75, 3.05) is 0 Å². The standard InChI is InChI=1S/C20H20ClN3O/c1-2-12-20(25,17-6-4-3-5-7-17)19(24-15-22-14-23-24)13-16-8-10-18(21)11-9-16/h2-11,14-15,19,25H,1,12-13H2. The van der Waals surface area contributed by atoms with Gasteiger partial charge in [0.05, 0.1) is 6.04 Å². The van der Waals surface area contributed by atoms with E-state index < -0.39 is 5.60 Å². The van der Waals surface area contributed by atoms with Crippen molar-refractivity contribution in [1.82, 2.24) is 14.8 Å². The van der Waals surface area contributed by atoms with Crippen LogP contribution in [0.3, 0.4) is 0 Å². The number of hydrogen-bond donors (Lipinski definition) is 1. The molecule has 3 rings (SSSR count). The van der Waals surface area contributed by atoms with Crippen molar-refractivity contribution in [3.63, 3.8) is 0 Å². The molecule has 1 heterocycles. The van der Waals surface area contributed by atoms with Crippen LogP contribution in [0, 0.1) is 0 Å². The van der Waals surface area contributed by atoms with Crippen LogP contribution in [0.15, 0.2) is 79.9 Å². The van der Waals surface area contributed by atoms with E-state index in [4.69, 9.17) is 11.6 Å². The van der Waals surface area contributed by atoms with Crippen molar-refractivity contribution in [2.24, 2.45) is 0 Å². The highest BCUT2D eigenvalue weighted by atomic mass is 35.5. The first-order chi connectivity index (χ1) is 12.1. The van der Waals surface area contributed by atoms with Crippen molar-refractivity contribution in [2.45, 2.75) is 24.5 Å². The van der Waals surface area contributed by atoms with Crippen LogP contribution < -0.4 is 0 Å². The van der Waals surface area contributed by atoms with Gasteiger partial charge in [-0.25, -0.2) is 9.67 Å². The van der Waals surface area contributed by atoms with Crippen molar-refractivity contribution in [3.05, 3.63) is 96.1 Å². The molecule has 1 aromatic heterocycles. The van der Waals surface area contributed by atoms with Gasteiger partial charge in [0.15, 0.2) is 0 Å². The molecule has 0 saturated carbocycles. The Bertz CT molecular complexity index is 803. The summed E-state index contributed by atoms with van der Waals surface area (Å²) in [6.07, 6.45) is 5.83. The van der Waals surface area contributed by atoms with Crippen LogP contribution in [-0.2, 0) is 12.0 Å². The van der Waals surface area contributed by atoms with Crippen LogP contribution in [0.2, 0.25) is 5.02 Å². The fraction of sp³-hybridized carbons (Fsp3) is 0.200. The summed E-state index contributed by atoms with van der Waals surface area (Å²) >= 11 is 5.99. The monoisotopic (exact) mass is 353 g/mol. The smallest absolute Gasteiger partial charge is 0.137 e. The first-order valence-corrected chi connectivity index (χ1v) is 8.48. The minimum Gasteiger partial charge on any atom is -0.383 e. The lowest BCUT2D eigenvalue weighted by atomic mass is 9.80. The maximum atomic E-state index is 11.6. The second-order valence-corrected chi connectivity index (χ2v) is 6.44. The normalized spacial score (nSPS) is 14.6. The molecule has 128 valence electrons. The summed E-state index contributed by atoms with van der Waals surface area (Å²) in [6, 6.07) is 16.9. The Morgan fingerprint density at radius 2 is 1.88 bits per heavy atom. The van der Waals surface area contributed by atoms with Gasteiger partial charge in [-0.3, -0.25) is 0 Å². The number of rotatable bonds is 7. The quantitative estimate of drug-likeness (QED) is 0.648. The summed E-state index contributed by atoms with van der Waals surface area (Å²) in [4.78, 5) is 4.06. The SMILES string of the molecule is C=CCC(O)(c1ccccc1)C(Cc1ccc(Cl)cc1)n1cncn1. The van der Waals surface area contributed by atoms with Crippen molar-refractivity contribution >= 4 is 11.6 Å². The molecule has 0 amide bonds. The van der Waals surface area contributed by atoms with Crippen molar-refractivity contribution < 1.29 is 5.11 Å². The van der Waals surface area contributed by atoms with E-state index in [1.165, 1.54) is 6.33 Å². The highest BCUT2D eigenvalue weighted by Crippen LogP contribution is 2.38. The maximum Gasteiger partial charge on any atom is 0.137 e. The van der Waals surface area contributed by atoms with Gasteiger partial charge in [-0.1, -0.05) is 60.1 Å². The first kappa shape index (κ1) is 17.4. The minimum absolute atomic E-state index is 0.337. The van der Waals surface area contributed by atoms with Gasteiger partial charge >= 0.3 is 0 Å².